The van der Waals surface area contributed by atoms with Crippen molar-refractivity contribution in [2.45, 2.75) is 105 Å². The Morgan fingerprint density at radius 3 is 1.64 bits per heavy atom. The summed E-state index contributed by atoms with van der Waals surface area (Å²) in [6.07, 6.45) is 10.8. The molecular weight excluding hydrogens is 288 g/mol. The van der Waals surface area contributed by atoms with E-state index >= 15 is 0 Å². The lowest BCUT2D eigenvalue weighted by atomic mass is 9.99. The van der Waals surface area contributed by atoms with Crippen LogP contribution in [-0.4, -0.2) is 21.8 Å². The van der Waals surface area contributed by atoms with Gasteiger partial charge in [0, 0.05) is 13.2 Å². The first-order chi connectivity index (χ1) is 10.4. The SMILES string of the molecule is CCCCCCCCCCO[Si](CC)(CC)OCC(C)(C)C. The van der Waals surface area contributed by atoms with Crippen LogP contribution in [0.2, 0.25) is 12.1 Å². The molecule has 134 valence electrons. The molecule has 0 bridgehead atoms. The number of rotatable bonds is 14. The van der Waals surface area contributed by atoms with E-state index in [0.717, 1.165) is 25.3 Å². The molecule has 0 aromatic carbocycles. The van der Waals surface area contributed by atoms with Crippen LogP contribution < -0.4 is 0 Å². The van der Waals surface area contributed by atoms with Gasteiger partial charge < -0.3 is 8.85 Å². The highest BCUT2D eigenvalue weighted by molar-refractivity contribution is 6.67. The van der Waals surface area contributed by atoms with Crippen LogP contribution in [0.4, 0.5) is 0 Å². The Morgan fingerprint density at radius 2 is 1.18 bits per heavy atom. The van der Waals surface area contributed by atoms with E-state index in [1.807, 2.05) is 0 Å². The van der Waals surface area contributed by atoms with Gasteiger partial charge in [0.05, 0.1) is 0 Å². The zero-order chi connectivity index (χ0) is 16.9. The molecule has 0 spiro atoms. The molecule has 0 saturated carbocycles. The lowest BCUT2D eigenvalue weighted by molar-refractivity contribution is 0.119. The van der Waals surface area contributed by atoms with Crippen LogP contribution in [0.5, 0.6) is 0 Å². The fourth-order valence-corrected chi connectivity index (χ4v) is 5.15. The van der Waals surface area contributed by atoms with E-state index in [-0.39, 0.29) is 5.41 Å². The van der Waals surface area contributed by atoms with Crippen LogP contribution in [0.3, 0.4) is 0 Å². The molecule has 0 aliphatic heterocycles. The monoisotopic (exact) mass is 330 g/mol. The first-order valence-corrected chi connectivity index (χ1v) is 11.9. The van der Waals surface area contributed by atoms with Gasteiger partial charge in [-0.25, -0.2) is 0 Å². The summed E-state index contributed by atoms with van der Waals surface area (Å²) in [7, 11) is -1.94. The topological polar surface area (TPSA) is 18.5 Å². The summed E-state index contributed by atoms with van der Waals surface area (Å²) in [6.45, 7) is 15.1. The van der Waals surface area contributed by atoms with Crippen molar-refractivity contribution in [2.24, 2.45) is 5.41 Å². The van der Waals surface area contributed by atoms with E-state index in [1.165, 1.54) is 51.4 Å². The molecule has 0 aromatic heterocycles. The number of hydrogen-bond donors (Lipinski definition) is 0. The van der Waals surface area contributed by atoms with Crippen molar-refractivity contribution in [3.05, 3.63) is 0 Å². The van der Waals surface area contributed by atoms with Gasteiger partial charge in [0.1, 0.15) is 0 Å². The minimum Gasteiger partial charge on any atom is -0.394 e. The standard InChI is InChI=1S/C19H42O2Si/c1-7-10-11-12-13-14-15-16-17-20-22(8-2,9-3)21-18-19(4,5)6/h7-18H2,1-6H3. The van der Waals surface area contributed by atoms with Gasteiger partial charge in [0.2, 0.25) is 0 Å². The van der Waals surface area contributed by atoms with E-state index in [9.17, 15) is 0 Å². The van der Waals surface area contributed by atoms with Crippen molar-refractivity contribution in [1.29, 1.82) is 0 Å². The van der Waals surface area contributed by atoms with Crippen LogP contribution in [0, 0.1) is 5.41 Å². The van der Waals surface area contributed by atoms with Crippen molar-refractivity contribution in [3.8, 4) is 0 Å². The van der Waals surface area contributed by atoms with Gasteiger partial charge in [-0.3, -0.25) is 0 Å². The van der Waals surface area contributed by atoms with Gasteiger partial charge in [-0.2, -0.15) is 0 Å². The maximum Gasteiger partial charge on any atom is 0.337 e. The molecule has 0 aliphatic carbocycles. The maximum atomic E-state index is 6.29. The van der Waals surface area contributed by atoms with Crippen LogP contribution in [0.25, 0.3) is 0 Å². The van der Waals surface area contributed by atoms with Gasteiger partial charge in [-0.05, 0) is 23.9 Å². The smallest absolute Gasteiger partial charge is 0.337 e. The summed E-state index contributed by atoms with van der Waals surface area (Å²) in [5, 5.41) is 0. The summed E-state index contributed by atoms with van der Waals surface area (Å²) in [5.41, 5.74) is 0.227. The van der Waals surface area contributed by atoms with E-state index < -0.39 is 8.56 Å². The highest BCUT2D eigenvalue weighted by Gasteiger charge is 2.34. The summed E-state index contributed by atoms with van der Waals surface area (Å²) in [5.74, 6) is 0. The Balaban J connectivity index is 3.81. The Labute approximate surface area is 141 Å². The first-order valence-electron chi connectivity index (χ1n) is 9.67. The second-order valence-electron chi connectivity index (χ2n) is 7.79. The summed E-state index contributed by atoms with van der Waals surface area (Å²) >= 11 is 0. The third kappa shape index (κ3) is 11.7. The Kier molecular flexibility index (Phi) is 12.6. The number of hydrogen-bond acceptors (Lipinski definition) is 2. The summed E-state index contributed by atoms with van der Waals surface area (Å²) in [6, 6.07) is 2.13. The molecule has 0 aromatic rings. The van der Waals surface area contributed by atoms with E-state index in [2.05, 4.69) is 41.5 Å². The van der Waals surface area contributed by atoms with Crippen LogP contribution >= 0.6 is 0 Å². The van der Waals surface area contributed by atoms with Crippen LogP contribution in [-0.2, 0) is 8.85 Å². The molecule has 0 saturated heterocycles. The normalized spacial score (nSPS) is 12.8. The largest absolute Gasteiger partial charge is 0.394 e. The van der Waals surface area contributed by atoms with E-state index in [1.54, 1.807) is 0 Å². The highest BCUT2D eigenvalue weighted by Crippen LogP contribution is 2.23. The average molecular weight is 331 g/mol. The molecule has 0 aliphatic rings. The van der Waals surface area contributed by atoms with Crippen molar-refractivity contribution in [1.82, 2.24) is 0 Å². The van der Waals surface area contributed by atoms with Gasteiger partial charge in [0.25, 0.3) is 0 Å². The minimum absolute atomic E-state index is 0.227. The molecular formula is C19H42O2Si. The van der Waals surface area contributed by atoms with Crippen molar-refractivity contribution in [3.63, 3.8) is 0 Å². The molecule has 0 heterocycles. The second-order valence-corrected chi connectivity index (χ2v) is 11.6. The molecule has 22 heavy (non-hydrogen) atoms. The van der Waals surface area contributed by atoms with E-state index in [4.69, 9.17) is 8.85 Å². The number of unbranched alkanes of at least 4 members (excludes halogenated alkanes) is 7. The molecule has 3 heteroatoms. The van der Waals surface area contributed by atoms with Crippen molar-refractivity contribution >= 4 is 8.56 Å². The molecule has 0 fully saturated rings. The minimum atomic E-state index is -1.94. The Hall–Kier alpha value is 0.137. The zero-order valence-electron chi connectivity index (χ0n) is 16.3. The second kappa shape index (κ2) is 12.5. The molecule has 0 atom stereocenters. The average Bonchev–Trinajstić information content (AvgIpc) is 2.48. The molecule has 2 nitrogen and oxygen atoms in total. The summed E-state index contributed by atoms with van der Waals surface area (Å²) in [4.78, 5) is 0. The Morgan fingerprint density at radius 1 is 0.682 bits per heavy atom. The quantitative estimate of drug-likeness (QED) is 0.261. The van der Waals surface area contributed by atoms with Gasteiger partial charge >= 0.3 is 8.56 Å². The van der Waals surface area contributed by atoms with Crippen molar-refractivity contribution in [2.75, 3.05) is 13.2 Å². The summed E-state index contributed by atoms with van der Waals surface area (Å²) < 4.78 is 12.6. The fraction of sp³-hybridized carbons (Fsp3) is 1.00. The highest BCUT2D eigenvalue weighted by atomic mass is 28.4. The molecule has 0 amide bonds. The van der Waals surface area contributed by atoms with Crippen LogP contribution in [0.15, 0.2) is 0 Å². The third-order valence-electron chi connectivity index (χ3n) is 4.21. The van der Waals surface area contributed by atoms with Gasteiger partial charge in [0.15, 0.2) is 0 Å². The predicted octanol–water partition coefficient (Wildman–Crippen LogP) is 6.69. The molecule has 0 N–H and O–H groups in total. The van der Waals surface area contributed by atoms with Gasteiger partial charge in [-0.15, -0.1) is 0 Å². The lowest BCUT2D eigenvalue weighted by Crippen LogP contribution is -2.43. The zero-order valence-corrected chi connectivity index (χ0v) is 17.3. The maximum absolute atomic E-state index is 6.29. The van der Waals surface area contributed by atoms with E-state index in [0.29, 0.717) is 0 Å². The Bertz CT molecular complexity index is 244. The molecule has 0 unspecified atom stereocenters. The third-order valence-corrected chi connectivity index (χ3v) is 7.76. The van der Waals surface area contributed by atoms with Crippen LogP contribution in [0.1, 0.15) is 92.9 Å². The van der Waals surface area contributed by atoms with Crippen molar-refractivity contribution < 1.29 is 8.85 Å². The molecule has 0 radical (unpaired) electrons. The molecule has 0 rings (SSSR count). The lowest BCUT2D eigenvalue weighted by Gasteiger charge is -2.32. The predicted molar refractivity (Wildman–Crippen MR) is 101 cm³/mol. The van der Waals surface area contributed by atoms with Gasteiger partial charge in [-0.1, -0.05) is 86.5 Å². The fourth-order valence-electron chi connectivity index (χ4n) is 2.54. The first kappa shape index (κ1) is 22.1.